The van der Waals surface area contributed by atoms with Crippen LogP contribution >= 0.6 is 0 Å². The number of para-hydroxylation sites is 2. The maximum absolute atomic E-state index is 12.4. The highest BCUT2D eigenvalue weighted by Crippen LogP contribution is 2.26. The highest BCUT2D eigenvalue weighted by Gasteiger charge is 2.26. The van der Waals surface area contributed by atoms with Gasteiger partial charge >= 0.3 is 12.0 Å². The van der Waals surface area contributed by atoms with Crippen molar-refractivity contribution in [3.05, 3.63) is 60.2 Å². The molecule has 3 amide bonds. The van der Waals surface area contributed by atoms with E-state index in [9.17, 15) is 14.4 Å². The van der Waals surface area contributed by atoms with Crippen LogP contribution in [-0.4, -0.2) is 38.2 Å². The molecule has 0 aliphatic rings. The lowest BCUT2D eigenvalue weighted by Gasteiger charge is -2.18. The van der Waals surface area contributed by atoms with Gasteiger partial charge in [-0.15, -0.1) is 0 Å². The number of carbonyl (C=O) groups excluding carboxylic acids is 3. The van der Waals surface area contributed by atoms with E-state index in [1.54, 1.807) is 54.6 Å². The molecule has 2 aromatic carbocycles. The van der Waals surface area contributed by atoms with Crippen LogP contribution in [0, 0.1) is 0 Å². The monoisotopic (exact) mass is 400 g/mol. The number of carbonyl (C=O) groups is 3. The fourth-order valence-electron chi connectivity index (χ4n) is 2.34. The van der Waals surface area contributed by atoms with E-state index < -0.39 is 30.6 Å². The molecule has 0 aliphatic carbocycles. The van der Waals surface area contributed by atoms with E-state index in [0.717, 1.165) is 6.42 Å². The van der Waals surface area contributed by atoms with E-state index in [1.165, 1.54) is 7.05 Å². The number of urea groups is 1. The summed E-state index contributed by atoms with van der Waals surface area (Å²) in [6, 6.07) is 14.6. The highest BCUT2D eigenvalue weighted by molar-refractivity contribution is 5.97. The van der Waals surface area contributed by atoms with Crippen LogP contribution in [0.15, 0.2) is 54.6 Å². The molecule has 2 aromatic rings. The molecule has 0 saturated heterocycles. The van der Waals surface area contributed by atoms with Gasteiger partial charge in [0.15, 0.2) is 18.1 Å². The van der Waals surface area contributed by atoms with Crippen molar-refractivity contribution in [3.8, 4) is 11.5 Å². The summed E-state index contributed by atoms with van der Waals surface area (Å²) in [6.45, 7) is 2.07. The maximum atomic E-state index is 12.4. The van der Waals surface area contributed by atoms with E-state index in [4.69, 9.17) is 14.2 Å². The molecule has 1 atom stereocenters. The molecule has 2 N–H and O–H groups in total. The van der Waals surface area contributed by atoms with Crippen LogP contribution in [-0.2, 0) is 14.3 Å². The van der Waals surface area contributed by atoms with Crippen molar-refractivity contribution in [2.45, 2.75) is 19.4 Å². The number of ether oxygens (including phenoxy) is 3. The first-order chi connectivity index (χ1) is 14.0. The molecular formula is C21H24N2O6. The van der Waals surface area contributed by atoms with Gasteiger partial charge in [0.25, 0.3) is 5.91 Å². The predicted octanol–water partition coefficient (Wildman–Crippen LogP) is 2.59. The van der Waals surface area contributed by atoms with Gasteiger partial charge in [-0.3, -0.25) is 10.1 Å². The van der Waals surface area contributed by atoms with Gasteiger partial charge in [-0.1, -0.05) is 49.4 Å². The molecule has 29 heavy (non-hydrogen) atoms. The van der Waals surface area contributed by atoms with Gasteiger partial charge in [-0.25, -0.2) is 9.59 Å². The molecule has 0 bridgehead atoms. The number of benzene rings is 2. The Hall–Kier alpha value is -3.55. The third-order valence-corrected chi connectivity index (χ3v) is 3.71. The molecule has 0 heterocycles. The van der Waals surface area contributed by atoms with Gasteiger partial charge in [-0.05, 0) is 18.6 Å². The van der Waals surface area contributed by atoms with Crippen molar-refractivity contribution in [2.75, 3.05) is 20.3 Å². The molecule has 2 rings (SSSR count). The number of nitrogens with one attached hydrogen (secondary N) is 2. The van der Waals surface area contributed by atoms with Gasteiger partial charge in [-0.2, -0.15) is 0 Å². The van der Waals surface area contributed by atoms with Crippen LogP contribution in [0.2, 0.25) is 0 Å². The van der Waals surface area contributed by atoms with Gasteiger partial charge in [0, 0.05) is 12.6 Å². The highest BCUT2D eigenvalue weighted by atomic mass is 16.6. The number of amides is 3. The topological polar surface area (TPSA) is 103 Å². The van der Waals surface area contributed by atoms with E-state index >= 15 is 0 Å². The predicted molar refractivity (Wildman–Crippen MR) is 106 cm³/mol. The molecule has 0 unspecified atom stereocenters. The van der Waals surface area contributed by atoms with Crippen molar-refractivity contribution in [3.63, 3.8) is 0 Å². The normalized spacial score (nSPS) is 11.1. The first-order valence-electron chi connectivity index (χ1n) is 9.16. The molecule has 8 nitrogen and oxygen atoms in total. The van der Waals surface area contributed by atoms with Crippen LogP contribution in [0.25, 0.3) is 0 Å². The third kappa shape index (κ3) is 6.84. The number of rotatable bonds is 9. The van der Waals surface area contributed by atoms with Crippen molar-refractivity contribution in [1.29, 1.82) is 0 Å². The quantitative estimate of drug-likeness (QED) is 0.627. The molecule has 0 aromatic heterocycles. The van der Waals surface area contributed by atoms with Crippen LogP contribution in [0.3, 0.4) is 0 Å². The minimum absolute atomic E-state index is 0.393. The lowest BCUT2D eigenvalue weighted by Crippen LogP contribution is -2.41. The number of imide groups is 1. The molecule has 0 spiro atoms. The summed E-state index contributed by atoms with van der Waals surface area (Å²) < 4.78 is 16.4. The lowest BCUT2D eigenvalue weighted by atomic mass is 10.1. The minimum atomic E-state index is -1.30. The molecular weight excluding hydrogens is 376 g/mol. The largest absolute Gasteiger partial charge is 0.490 e. The standard InChI is InChI=1S/C21H24N2O6/c1-3-13-27-16-11-7-8-12-17(16)28-14-18(24)29-19(15-9-5-4-6-10-15)20(25)23-21(26)22-2/h4-12,19H,3,13-14H2,1-2H3,(H2,22,23,25,26)/t19-/m0/s1. The van der Waals surface area contributed by atoms with E-state index in [1.807, 2.05) is 6.92 Å². The first-order valence-corrected chi connectivity index (χ1v) is 9.16. The zero-order valence-electron chi connectivity index (χ0n) is 16.3. The van der Waals surface area contributed by atoms with E-state index in [-0.39, 0.29) is 0 Å². The fourth-order valence-corrected chi connectivity index (χ4v) is 2.34. The van der Waals surface area contributed by atoms with Gasteiger partial charge in [0.1, 0.15) is 0 Å². The minimum Gasteiger partial charge on any atom is -0.490 e. The number of hydrogen-bond acceptors (Lipinski definition) is 6. The molecule has 0 aliphatic heterocycles. The van der Waals surface area contributed by atoms with Crippen LogP contribution in [0.4, 0.5) is 4.79 Å². The second-order valence-electron chi connectivity index (χ2n) is 5.93. The van der Waals surface area contributed by atoms with Gasteiger partial charge < -0.3 is 19.5 Å². The Kier molecular flexibility index (Phi) is 8.50. The van der Waals surface area contributed by atoms with E-state index in [0.29, 0.717) is 23.7 Å². The summed E-state index contributed by atoms with van der Waals surface area (Å²) in [5.74, 6) is -0.630. The molecule has 8 heteroatoms. The summed E-state index contributed by atoms with van der Waals surface area (Å²) in [6.07, 6.45) is -0.466. The second kappa shape index (κ2) is 11.3. The third-order valence-electron chi connectivity index (χ3n) is 3.71. The SMILES string of the molecule is CCCOc1ccccc1OCC(=O)O[C@H](C(=O)NC(=O)NC)c1ccccc1. The molecule has 0 radical (unpaired) electrons. The smallest absolute Gasteiger partial charge is 0.345 e. The Morgan fingerprint density at radius 1 is 0.931 bits per heavy atom. The van der Waals surface area contributed by atoms with Crippen molar-refractivity contribution >= 4 is 17.9 Å². The summed E-state index contributed by atoms with van der Waals surface area (Å²) in [5.41, 5.74) is 0.425. The Bertz CT molecular complexity index is 825. The van der Waals surface area contributed by atoms with Crippen molar-refractivity contribution in [1.82, 2.24) is 10.6 Å². The van der Waals surface area contributed by atoms with Crippen LogP contribution < -0.4 is 20.1 Å². The zero-order chi connectivity index (χ0) is 21.1. The summed E-state index contributed by atoms with van der Waals surface area (Å²) in [7, 11) is 1.37. The Labute approximate surface area is 169 Å². The summed E-state index contributed by atoms with van der Waals surface area (Å²) in [4.78, 5) is 36.2. The number of hydrogen-bond donors (Lipinski definition) is 2. The first kappa shape index (κ1) is 21.7. The summed E-state index contributed by atoms with van der Waals surface area (Å²) in [5, 5.41) is 4.39. The van der Waals surface area contributed by atoms with Gasteiger partial charge in [0.05, 0.1) is 6.61 Å². The summed E-state index contributed by atoms with van der Waals surface area (Å²) >= 11 is 0. The zero-order valence-corrected chi connectivity index (χ0v) is 16.3. The van der Waals surface area contributed by atoms with Crippen LogP contribution in [0.1, 0.15) is 25.0 Å². The van der Waals surface area contributed by atoms with Gasteiger partial charge in [0.2, 0.25) is 6.10 Å². The average molecular weight is 400 g/mol. The Morgan fingerprint density at radius 3 is 2.17 bits per heavy atom. The van der Waals surface area contributed by atoms with E-state index in [2.05, 4.69) is 10.6 Å². The number of esters is 1. The lowest BCUT2D eigenvalue weighted by molar-refractivity contribution is -0.158. The molecule has 154 valence electrons. The molecule has 0 fully saturated rings. The van der Waals surface area contributed by atoms with Crippen molar-refractivity contribution in [2.24, 2.45) is 0 Å². The second-order valence-corrected chi connectivity index (χ2v) is 5.93. The van der Waals surface area contributed by atoms with Crippen LogP contribution in [0.5, 0.6) is 11.5 Å². The Morgan fingerprint density at radius 2 is 1.55 bits per heavy atom. The molecule has 0 saturated carbocycles. The Balaban J connectivity index is 2.05. The average Bonchev–Trinajstić information content (AvgIpc) is 2.75. The van der Waals surface area contributed by atoms with Crippen molar-refractivity contribution < 1.29 is 28.6 Å². The fraction of sp³-hybridized carbons (Fsp3) is 0.286. The maximum Gasteiger partial charge on any atom is 0.345 e.